The predicted molar refractivity (Wildman–Crippen MR) is 86.3 cm³/mol. The van der Waals surface area contributed by atoms with E-state index in [-0.39, 0.29) is 28.0 Å². The van der Waals surface area contributed by atoms with E-state index in [2.05, 4.69) is 5.16 Å². The number of nitrogens with zero attached hydrogens (tertiary/aromatic N) is 1. The molecule has 0 saturated heterocycles. The summed E-state index contributed by atoms with van der Waals surface area (Å²) in [7, 11) is -4.05. The van der Waals surface area contributed by atoms with Crippen molar-refractivity contribution >= 4 is 27.9 Å². The molecule has 0 aliphatic heterocycles. The minimum atomic E-state index is -4.05. The molecule has 2 aromatic rings. The highest BCUT2D eigenvalue weighted by Crippen LogP contribution is 2.38. The van der Waals surface area contributed by atoms with Gasteiger partial charge in [0, 0.05) is 5.56 Å². The molecule has 0 fully saturated rings. The summed E-state index contributed by atoms with van der Waals surface area (Å²) in [6.07, 6.45) is 1.14. The Hall–Kier alpha value is -2.25. The van der Waals surface area contributed by atoms with E-state index >= 15 is 0 Å². The van der Waals surface area contributed by atoms with Crippen LogP contribution in [0.1, 0.15) is 12.5 Å². The van der Waals surface area contributed by atoms with Crippen molar-refractivity contribution < 1.29 is 22.5 Å². The number of oxime groups is 1. The third kappa shape index (κ3) is 4.14. The average Bonchev–Trinajstić information content (AvgIpc) is 2.52. The lowest BCUT2D eigenvalue weighted by molar-refractivity contribution is 0.321. The van der Waals surface area contributed by atoms with Crippen LogP contribution in [-0.2, 0) is 10.1 Å². The fourth-order valence-electron chi connectivity index (χ4n) is 1.82. The molecule has 0 heterocycles. The third-order valence-corrected chi connectivity index (χ3v) is 4.28. The molecule has 0 bridgehead atoms. The molecule has 2 aromatic carbocycles. The maximum Gasteiger partial charge on any atom is 0.339 e. The van der Waals surface area contributed by atoms with Crippen LogP contribution in [0.3, 0.4) is 0 Å². The number of halogens is 1. The monoisotopic (exact) mass is 355 g/mol. The topological polar surface area (TPSA) is 85.2 Å². The Kier molecular flexibility index (Phi) is 5.46. The molecule has 0 saturated carbocycles. The standard InChI is InChI=1S/C15H14ClNO5S/c1-2-21-14-9-11(10-17-18)8-13(16)15(14)22-23(19,20)12-6-4-3-5-7-12/h3-10,18H,2H2,1H3/b17-10-. The van der Waals surface area contributed by atoms with E-state index in [0.717, 1.165) is 6.21 Å². The molecule has 122 valence electrons. The summed E-state index contributed by atoms with van der Waals surface area (Å²) in [5.74, 6) is 0.0156. The van der Waals surface area contributed by atoms with Gasteiger partial charge in [0.1, 0.15) is 4.90 Å². The van der Waals surface area contributed by atoms with E-state index in [9.17, 15) is 8.42 Å². The predicted octanol–water partition coefficient (Wildman–Crippen LogP) is 3.31. The third-order valence-electron chi connectivity index (χ3n) is 2.76. The number of rotatable bonds is 6. The highest BCUT2D eigenvalue weighted by atomic mass is 35.5. The van der Waals surface area contributed by atoms with E-state index in [1.165, 1.54) is 24.3 Å². The van der Waals surface area contributed by atoms with Crippen molar-refractivity contribution in [3.05, 3.63) is 53.1 Å². The minimum absolute atomic E-state index is 0.000452. The van der Waals surface area contributed by atoms with Crippen molar-refractivity contribution in [1.82, 2.24) is 0 Å². The summed E-state index contributed by atoms with van der Waals surface area (Å²) in [5.41, 5.74) is 0.436. The van der Waals surface area contributed by atoms with Crippen molar-refractivity contribution in [2.45, 2.75) is 11.8 Å². The Bertz CT molecular complexity index is 806. The van der Waals surface area contributed by atoms with Gasteiger partial charge in [0.05, 0.1) is 17.8 Å². The quantitative estimate of drug-likeness (QED) is 0.372. The normalized spacial score (nSPS) is 11.6. The number of ether oxygens (including phenoxy) is 1. The maximum absolute atomic E-state index is 12.3. The number of hydrogen-bond acceptors (Lipinski definition) is 6. The van der Waals surface area contributed by atoms with Gasteiger partial charge < -0.3 is 14.1 Å². The first-order valence-corrected chi connectivity index (χ1v) is 8.40. The van der Waals surface area contributed by atoms with Crippen LogP contribution < -0.4 is 8.92 Å². The van der Waals surface area contributed by atoms with Crippen LogP contribution in [0.4, 0.5) is 0 Å². The summed E-state index contributed by atoms with van der Waals surface area (Å²) >= 11 is 6.09. The average molecular weight is 356 g/mol. The molecule has 0 aromatic heterocycles. The first-order chi connectivity index (χ1) is 11.0. The molecule has 2 rings (SSSR count). The highest BCUT2D eigenvalue weighted by molar-refractivity contribution is 7.87. The fraction of sp³-hybridized carbons (Fsp3) is 0.133. The Morgan fingerprint density at radius 2 is 1.96 bits per heavy atom. The largest absolute Gasteiger partial charge is 0.490 e. The Morgan fingerprint density at radius 3 is 2.57 bits per heavy atom. The van der Waals surface area contributed by atoms with Crippen LogP contribution in [0.15, 0.2) is 52.5 Å². The molecular weight excluding hydrogens is 342 g/mol. The van der Waals surface area contributed by atoms with Crippen molar-refractivity contribution in [2.24, 2.45) is 5.16 Å². The number of benzene rings is 2. The molecule has 0 aliphatic rings. The zero-order chi connectivity index (χ0) is 16.9. The van der Waals surface area contributed by atoms with Gasteiger partial charge in [0.2, 0.25) is 5.75 Å². The molecule has 0 unspecified atom stereocenters. The summed E-state index contributed by atoms with van der Waals surface area (Å²) in [4.78, 5) is -0.000452. The van der Waals surface area contributed by atoms with Gasteiger partial charge in [-0.15, -0.1) is 0 Å². The van der Waals surface area contributed by atoms with Gasteiger partial charge >= 0.3 is 10.1 Å². The first-order valence-electron chi connectivity index (χ1n) is 6.61. The van der Waals surface area contributed by atoms with Crippen LogP contribution in [0.5, 0.6) is 11.5 Å². The molecule has 1 N–H and O–H groups in total. The molecule has 23 heavy (non-hydrogen) atoms. The summed E-state index contributed by atoms with van der Waals surface area (Å²) < 4.78 is 35.1. The Balaban J connectivity index is 2.46. The smallest absolute Gasteiger partial charge is 0.339 e. The summed E-state index contributed by atoms with van der Waals surface area (Å²) in [5, 5.41) is 11.5. The van der Waals surface area contributed by atoms with Crippen LogP contribution in [0, 0.1) is 0 Å². The lowest BCUT2D eigenvalue weighted by Gasteiger charge is -2.14. The van der Waals surface area contributed by atoms with Crippen molar-refractivity contribution in [3.8, 4) is 11.5 Å². The van der Waals surface area contributed by atoms with Crippen molar-refractivity contribution in [3.63, 3.8) is 0 Å². The summed E-state index contributed by atoms with van der Waals surface area (Å²) in [6, 6.07) is 10.6. The van der Waals surface area contributed by atoms with Gasteiger partial charge in [-0.25, -0.2) is 0 Å². The highest BCUT2D eigenvalue weighted by Gasteiger charge is 2.22. The van der Waals surface area contributed by atoms with Crippen molar-refractivity contribution in [2.75, 3.05) is 6.61 Å². The van der Waals surface area contributed by atoms with Gasteiger partial charge in [-0.2, -0.15) is 8.42 Å². The molecule has 8 heteroatoms. The van der Waals surface area contributed by atoms with Crippen LogP contribution in [-0.4, -0.2) is 26.4 Å². The molecule has 0 amide bonds. The molecule has 0 aliphatic carbocycles. The van der Waals surface area contributed by atoms with Gasteiger partial charge in [-0.1, -0.05) is 35.0 Å². The van der Waals surface area contributed by atoms with E-state index in [1.54, 1.807) is 25.1 Å². The molecular formula is C15H14ClNO5S. The Morgan fingerprint density at radius 1 is 1.26 bits per heavy atom. The van der Waals surface area contributed by atoms with Gasteiger partial charge in [-0.3, -0.25) is 0 Å². The van der Waals surface area contributed by atoms with E-state index in [4.69, 9.17) is 25.7 Å². The fourth-order valence-corrected chi connectivity index (χ4v) is 3.10. The second kappa shape index (κ2) is 7.34. The van der Waals surface area contributed by atoms with E-state index in [0.29, 0.717) is 5.56 Å². The molecule has 0 radical (unpaired) electrons. The molecule has 6 nitrogen and oxygen atoms in total. The zero-order valence-electron chi connectivity index (χ0n) is 12.1. The summed E-state index contributed by atoms with van der Waals surface area (Å²) in [6.45, 7) is 2.01. The Labute approximate surface area is 139 Å². The van der Waals surface area contributed by atoms with Crippen LogP contribution in [0.2, 0.25) is 5.02 Å². The van der Waals surface area contributed by atoms with Crippen molar-refractivity contribution in [1.29, 1.82) is 0 Å². The zero-order valence-corrected chi connectivity index (χ0v) is 13.7. The second-order valence-corrected chi connectivity index (χ2v) is 6.31. The molecule has 0 spiro atoms. The number of hydrogen-bond donors (Lipinski definition) is 1. The lowest BCUT2D eigenvalue weighted by Crippen LogP contribution is -2.11. The second-order valence-electron chi connectivity index (χ2n) is 4.36. The van der Waals surface area contributed by atoms with E-state index < -0.39 is 10.1 Å². The SMILES string of the molecule is CCOc1cc(/C=N\O)cc(Cl)c1OS(=O)(=O)c1ccccc1. The van der Waals surface area contributed by atoms with Crippen LogP contribution >= 0.6 is 11.6 Å². The van der Waals surface area contributed by atoms with Gasteiger partial charge in [0.25, 0.3) is 0 Å². The minimum Gasteiger partial charge on any atom is -0.490 e. The van der Waals surface area contributed by atoms with E-state index in [1.807, 2.05) is 0 Å². The van der Waals surface area contributed by atoms with Gasteiger partial charge in [0.15, 0.2) is 5.75 Å². The maximum atomic E-state index is 12.3. The lowest BCUT2D eigenvalue weighted by atomic mass is 10.2. The van der Waals surface area contributed by atoms with Gasteiger partial charge in [-0.05, 0) is 31.2 Å². The molecule has 0 atom stereocenters. The van der Waals surface area contributed by atoms with Crippen LogP contribution in [0.25, 0.3) is 0 Å². The first kappa shape index (κ1) is 17.1.